The second kappa shape index (κ2) is 7.20. The van der Waals surface area contributed by atoms with Crippen LogP contribution in [0.4, 0.5) is 5.95 Å². The van der Waals surface area contributed by atoms with E-state index in [0.717, 1.165) is 5.56 Å². The van der Waals surface area contributed by atoms with Crippen LogP contribution in [0, 0.1) is 10.1 Å². The molecule has 0 radical (unpaired) electrons. The zero-order valence-corrected chi connectivity index (χ0v) is 14.6. The van der Waals surface area contributed by atoms with Gasteiger partial charge in [0.25, 0.3) is 5.91 Å². The van der Waals surface area contributed by atoms with Crippen molar-refractivity contribution >= 4 is 17.6 Å². The van der Waals surface area contributed by atoms with Gasteiger partial charge in [0.05, 0.1) is 12.3 Å². The molecule has 0 spiro atoms. The van der Waals surface area contributed by atoms with E-state index in [4.69, 9.17) is 0 Å². The minimum atomic E-state index is -0.675. The molecule has 0 atom stereocenters. The number of carbonyl (C=O) groups excluding carboxylic acids is 1. The monoisotopic (exact) mass is 344 g/mol. The van der Waals surface area contributed by atoms with Gasteiger partial charge < -0.3 is 10.1 Å². The summed E-state index contributed by atoms with van der Waals surface area (Å²) < 4.78 is 1.28. The van der Waals surface area contributed by atoms with E-state index in [1.807, 2.05) is 12.1 Å². The molecule has 132 valence electrons. The van der Waals surface area contributed by atoms with E-state index >= 15 is 0 Å². The van der Waals surface area contributed by atoms with Gasteiger partial charge in [-0.25, -0.2) is 5.43 Å². The summed E-state index contributed by atoms with van der Waals surface area (Å²) in [6.45, 7) is 8.17. The first-order valence-electron chi connectivity index (χ1n) is 7.64. The lowest BCUT2D eigenvalue weighted by molar-refractivity contribution is -0.394. The summed E-state index contributed by atoms with van der Waals surface area (Å²) in [4.78, 5) is 25.5. The maximum absolute atomic E-state index is 12.1. The number of aromatic nitrogens is 3. The number of hydrogen-bond acceptors (Lipinski definition) is 6. The van der Waals surface area contributed by atoms with E-state index in [1.165, 1.54) is 11.0 Å². The van der Waals surface area contributed by atoms with Crippen LogP contribution in [0.5, 0.6) is 0 Å². The first-order chi connectivity index (χ1) is 11.7. The Hall–Kier alpha value is -3.10. The third kappa shape index (κ3) is 4.93. The maximum Gasteiger partial charge on any atom is 0.490 e. The zero-order chi connectivity index (χ0) is 18.6. The number of nitrogens with one attached hydrogen (secondary N) is 1. The topological polar surface area (TPSA) is 115 Å². The van der Waals surface area contributed by atoms with Crippen molar-refractivity contribution in [2.45, 2.75) is 39.7 Å². The van der Waals surface area contributed by atoms with Crippen LogP contribution in [-0.4, -0.2) is 31.3 Å². The largest absolute Gasteiger partial charge is 0.490 e. The number of benzene rings is 1. The molecule has 1 aromatic heterocycles. The molecule has 0 aliphatic heterocycles. The van der Waals surface area contributed by atoms with Gasteiger partial charge in [0.1, 0.15) is 0 Å². The molecule has 0 aliphatic rings. The van der Waals surface area contributed by atoms with Crippen LogP contribution < -0.4 is 5.43 Å². The number of carbonyl (C=O) groups is 1. The molecule has 25 heavy (non-hydrogen) atoms. The predicted octanol–water partition coefficient (Wildman–Crippen LogP) is 2.29. The van der Waals surface area contributed by atoms with Crippen molar-refractivity contribution in [1.29, 1.82) is 0 Å². The SMILES string of the molecule is C/C(Cn1cnc([N+](=O)[O-])n1)=N\NC(=O)c1ccc(C(C)(C)C)cc1. The van der Waals surface area contributed by atoms with Gasteiger partial charge in [-0.2, -0.15) is 9.78 Å². The molecule has 2 rings (SSSR count). The standard InChI is InChI=1S/C16H20N6O3/c1-11(9-21-10-17-15(20-21)22(24)25)18-19-14(23)12-5-7-13(8-6-12)16(2,3)4/h5-8,10H,9H2,1-4H3,(H,19,23)/b18-11+. The van der Waals surface area contributed by atoms with E-state index in [-0.39, 0.29) is 17.9 Å². The first kappa shape index (κ1) is 18.2. The molecule has 9 heteroatoms. The molecule has 0 saturated heterocycles. The minimum Gasteiger partial charge on any atom is -0.390 e. The maximum atomic E-state index is 12.1. The third-order valence-corrected chi connectivity index (χ3v) is 3.44. The molecule has 0 bridgehead atoms. The predicted molar refractivity (Wildman–Crippen MR) is 92.4 cm³/mol. The molecule has 0 saturated carbocycles. The molecule has 9 nitrogen and oxygen atoms in total. The summed E-state index contributed by atoms with van der Waals surface area (Å²) in [5.74, 6) is -0.805. The van der Waals surface area contributed by atoms with E-state index in [9.17, 15) is 14.9 Å². The average Bonchev–Trinajstić information content (AvgIpc) is 3.00. The molecule has 0 unspecified atom stereocenters. The molecule has 1 heterocycles. The quantitative estimate of drug-likeness (QED) is 0.507. The van der Waals surface area contributed by atoms with Gasteiger partial charge in [0.15, 0.2) is 0 Å². The van der Waals surface area contributed by atoms with E-state index < -0.39 is 10.9 Å². The molecule has 2 aromatic rings. The minimum absolute atomic E-state index is 0.0180. The number of hydrazone groups is 1. The zero-order valence-electron chi connectivity index (χ0n) is 14.6. The fourth-order valence-electron chi connectivity index (χ4n) is 2.05. The van der Waals surface area contributed by atoms with E-state index in [1.54, 1.807) is 19.1 Å². The van der Waals surface area contributed by atoms with Crippen molar-refractivity contribution in [3.8, 4) is 0 Å². The fraction of sp³-hybridized carbons (Fsp3) is 0.375. The average molecular weight is 344 g/mol. The molecule has 0 aliphatic carbocycles. The summed E-state index contributed by atoms with van der Waals surface area (Å²) in [5, 5.41) is 18.2. The third-order valence-electron chi connectivity index (χ3n) is 3.44. The number of amides is 1. The molecule has 1 N–H and O–H groups in total. The summed E-state index contributed by atoms with van der Waals surface area (Å²) in [6, 6.07) is 7.34. The van der Waals surface area contributed by atoms with Crippen LogP contribution in [0.15, 0.2) is 35.7 Å². The Morgan fingerprint density at radius 1 is 1.32 bits per heavy atom. The van der Waals surface area contributed by atoms with Crippen LogP contribution in [0.25, 0.3) is 0 Å². The summed E-state index contributed by atoms with van der Waals surface area (Å²) in [6.07, 6.45) is 1.24. The Morgan fingerprint density at radius 2 is 1.96 bits per heavy atom. The number of nitrogens with zero attached hydrogens (tertiary/aromatic N) is 5. The number of rotatable bonds is 5. The highest BCUT2D eigenvalue weighted by Gasteiger charge is 2.15. The van der Waals surface area contributed by atoms with Gasteiger partial charge >= 0.3 is 5.95 Å². The number of nitro groups is 1. The lowest BCUT2D eigenvalue weighted by Gasteiger charge is -2.18. The fourth-order valence-corrected chi connectivity index (χ4v) is 2.05. The van der Waals surface area contributed by atoms with Crippen molar-refractivity contribution in [2.75, 3.05) is 0 Å². The first-order valence-corrected chi connectivity index (χ1v) is 7.64. The van der Waals surface area contributed by atoms with Crippen molar-refractivity contribution in [3.05, 3.63) is 51.8 Å². The summed E-state index contributed by atoms with van der Waals surface area (Å²) in [5.41, 5.74) is 4.64. The molecule has 1 aromatic carbocycles. The second-order valence-electron chi connectivity index (χ2n) is 6.61. The van der Waals surface area contributed by atoms with Crippen LogP contribution in [0.2, 0.25) is 0 Å². The highest BCUT2D eigenvalue weighted by atomic mass is 16.6. The van der Waals surface area contributed by atoms with Crippen LogP contribution in [0.3, 0.4) is 0 Å². The lowest BCUT2D eigenvalue weighted by atomic mass is 9.87. The van der Waals surface area contributed by atoms with Crippen molar-refractivity contribution < 1.29 is 9.72 Å². The molecular weight excluding hydrogens is 324 g/mol. The Labute approximate surface area is 144 Å². The van der Waals surface area contributed by atoms with Gasteiger partial charge in [-0.3, -0.25) is 4.79 Å². The van der Waals surface area contributed by atoms with Gasteiger partial charge in [0, 0.05) is 10.7 Å². The molecule has 0 fully saturated rings. The van der Waals surface area contributed by atoms with E-state index in [0.29, 0.717) is 11.3 Å². The normalized spacial score (nSPS) is 12.1. The second-order valence-corrected chi connectivity index (χ2v) is 6.61. The smallest absolute Gasteiger partial charge is 0.390 e. The van der Waals surface area contributed by atoms with E-state index in [2.05, 4.69) is 41.4 Å². The van der Waals surface area contributed by atoms with Crippen LogP contribution >= 0.6 is 0 Å². The molecular formula is C16H20N6O3. The summed E-state index contributed by atoms with van der Waals surface area (Å²) >= 11 is 0. The van der Waals surface area contributed by atoms with Gasteiger partial charge in [-0.15, -0.1) is 0 Å². The molecule has 1 amide bonds. The van der Waals surface area contributed by atoms with Crippen LogP contribution in [-0.2, 0) is 12.0 Å². The highest BCUT2D eigenvalue weighted by Crippen LogP contribution is 2.22. The summed E-state index contributed by atoms with van der Waals surface area (Å²) in [7, 11) is 0. The van der Waals surface area contributed by atoms with Crippen LogP contribution in [0.1, 0.15) is 43.6 Å². The Bertz CT molecular complexity index is 802. The van der Waals surface area contributed by atoms with Crippen molar-refractivity contribution in [2.24, 2.45) is 5.10 Å². The van der Waals surface area contributed by atoms with Crippen molar-refractivity contribution in [3.63, 3.8) is 0 Å². The Kier molecular flexibility index (Phi) is 5.26. The Morgan fingerprint density at radius 3 is 2.48 bits per heavy atom. The highest BCUT2D eigenvalue weighted by molar-refractivity contribution is 5.95. The van der Waals surface area contributed by atoms with Crippen molar-refractivity contribution in [1.82, 2.24) is 20.2 Å². The van der Waals surface area contributed by atoms with Gasteiger partial charge in [-0.05, 0) is 35.0 Å². The van der Waals surface area contributed by atoms with Gasteiger partial charge in [-0.1, -0.05) is 37.9 Å². The van der Waals surface area contributed by atoms with Gasteiger partial charge in [0.2, 0.25) is 6.33 Å². The Balaban J connectivity index is 1.97. The number of hydrogen-bond donors (Lipinski definition) is 1. The lowest BCUT2D eigenvalue weighted by Crippen LogP contribution is -2.21.